The number of hydrogen-bond acceptors (Lipinski definition) is 2. The van der Waals surface area contributed by atoms with Crippen LogP contribution in [0, 0.1) is 13.8 Å². The molecule has 1 atom stereocenters. The Morgan fingerprint density at radius 1 is 1.40 bits per heavy atom. The molecule has 2 aromatic rings. The molecule has 3 rings (SSSR count). The van der Waals surface area contributed by atoms with Gasteiger partial charge in [0.05, 0.1) is 0 Å². The third-order valence-electron chi connectivity index (χ3n) is 3.91. The van der Waals surface area contributed by atoms with E-state index in [0.717, 1.165) is 36.3 Å². The van der Waals surface area contributed by atoms with E-state index in [0.29, 0.717) is 0 Å². The number of rotatable bonds is 2. The molecule has 0 bridgehead atoms. The molecule has 0 saturated heterocycles. The maximum Gasteiger partial charge on any atom is 0.251 e. The minimum atomic E-state index is 0.0208. The first kappa shape index (κ1) is 12.9. The number of carbonyl (C=O) groups is 1. The molecule has 2 heterocycles. The van der Waals surface area contributed by atoms with Crippen LogP contribution in [0.3, 0.4) is 0 Å². The van der Waals surface area contributed by atoms with Crippen molar-refractivity contribution in [3.8, 4) is 0 Å². The smallest absolute Gasteiger partial charge is 0.251 e. The van der Waals surface area contributed by atoms with Crippen LogP contribution in [0.4, 0.5) is 0 Å². The summed E-state index contributed by atoms with van der Waals surface area (Å²) in [5, 5.41) is 3.13. The van der Waals surface area contributed by atoms with Crippen LogP contribution in [0.2, 0.25) is 0 Å². The highest BCUT2D eigenvalue weighted by molar-refractivity contribution is 5.95. The Morgan fingerprint density at radius 3 is 3.05 bits per heavy atom. The van der Waals surface area contributed by atoms with Gasteiger partial charge < -0.3 is 9.88 Å². The lowest BCUT2D eigenvalue weighted by molar-refractivity contribution is 0.0930. The Bertz CT molecular complexity index is 645. The van der Waals surface area contributed by atoms with Crippen molar-refractivity contribution in [2.24, 2.45) is 0 Å². The van der Waals surface area contributed by atoms with Crippen LogP contribution in [0.15, 0.2) is 30.6 Å². The Hall–Kier alpha value is -2.10. The number of nitrogens with one attached hydrogen (secondary N) is 1. The molecule has 1 N–H and O–H groups in total. The van der Waals surface area contributed by atoms with E-state index in [4.69, 9.17) is 0 Å². The summed E-state index contributed by atoms with van der Waals surface area (Å²) in [5.41, 5.74) is 2.98. The van der Waals surface area contributed by atoms with Crippen LogP contribution in [0.1, 0.15) is 33.7 Å². The lowest BCUT2D eigenvalue weighted by atomic mass is 10.0. The van der Waals surface area contributed by atoms with Crippen LogP contribution in [0.25, 0.3) is 0 Å². The van der Waals surface area contributed by atoms with E-state index < -0.39 is 0 Å². The van der Waals surface area contributed by atoms with Gasteiger partial charge in [0.25, 0.3) is 5.91 Å². The number of aryl methyl sites for hydroxylation is 3. The van der Waals surface area contributed by atoms with Gasteiger partial charge in [-0.1, -0.05) is 17.7 Å². The average molecular weight is 269 g/mol. The van der Waals surface area contributed by atoms with Crippen molar-refractivity contribution in [1.82, 2.24) is 14.9 Å². The second-order valence-corrected chi connectivity index (χ2v) is 5.52. The van der Waals surface area contributed by atoms with Crippen molar-refractivity contribution in [2.45, 2.75) is 39.3 Å². The summed E-state index contributed by atoms with van der Waals surface area (Å²) >= 11 is 0. The van der Waals surface area contributed by atoms with E-state index in [9.17, 15) is 4.79 Å². The molecular formula is C16H19N3O. The van der Waals surface area contributed by atoms with E-state index in [2.05, 4.69) is 14.9 Å². The Morgan fingerprint density at radius 2 is 2.25 bits per heavy atom. The molecule has 1 aliphatic heterocycles. The molecule has 0 saturated carbocycles. The van der Waals surface area contributed by atoms with Gasteiger partial charge >= 0.3 is 0 Å². The fourth-order valence-electron chi connectivity index (χ4n) is 2.81. The molecule has 4 nitrogen and oxygen atoms in total. The quantitative estimate of drug-likeness (QED) is 0.909. The number of aromatic nitrogens is 2. The van der Waals surface area contributed by atoms with E-state index in [1.165, 1.54) is 5.56 Å². The number of fused-ring (bicyclic) bond motifs is 1. The largest absolute Gasteiger partial charge is 0.349 e. The lowest BCUT2D eigenvalue weighted by Crippen LogP contribution is -2.40. The maximum absolute atomic E-state index is 12.4. The molecule has 0 aliphatic carbocycles. The molecule has 1 aliphatic rings. The zero-order valence-electron chi connectivity index (χ0n) is 11.9. The first-order valence-corrected chi connectivity index (χ1v) is 7.01. The van der Waals surface area contributed by atoms with Crippen LogP contribution >= 0.6 is 0 Å². The van der Waals surface area contributed by atoms with E-state index in [1.807, 2.05) is 44.4 Å². The predicted octanol–water partition coefficient (Wildman–Crippen LogP) is 2.24. The number of imidazole rings is 1. The molecule has 1 aromatic heterocycles. The van der Waals surface area contributed by atoms with Gasteiger partial charge in [0, 0.05) is 37.0 Å². The number of hydrogen-bond donors (Lipinski definition) is 1. The molecule has 1 unspecified atom stereocenters. The van der Waals surface area contributed by atoms with Gasteiger partial charge in [-0.15, -0.1) is 0 Å². The van der Waals surface area contributed by atoms with Crippen molar-refractivity contribution >= 4 is 5.91 Å². The first-order valence-electron chi connectivity index (χ1n) is 7.01. The SMILES string of the molecule is Cc1ccc(C(=O)NC2CCn3ccnc3C2)c(C)c1. The van der Waals surface area contributed by atoms with Crippen molar-refractivity contribution in [1.29, 1.82) is 0 Å². The Labute approximate surface area is 118 Å². The summed E-state index contributed by atoms with van der Waals surface area (Å²) in [7, 11) is 0. The molecule has 0 fully saturated rings. The van der Waals surface area contributed by atoms with Crippen LogP contribution in [0.5, 0.6) is 0 Å². The highest BCUT2D eigenvalue weighted by Crippen LogP contribution is 2.15. The zero-order chi connectivity index (χ0) is 14.1. The number of nitrogens with zero attached hydrogens (tertiary/aromatic N) is 2. The highest BCUT2D eigenvalue weighted by Gasteiger charge is 2.21. The standard InChI is InChI=1S/C16H19N3O/c1-11-3-4-14(12(2)9-11)16(20)18-13-5-7-19-8-6-17-15(19)10-13/h3-4,6,8-9,13H,5,7,10H2,1-2H3,(H,18,20). The van der Waals surface area contributed by atoms with Gasteiger partial charge in [0.1, 0.15) is 5.82 Å². The van der Waals surface area contributed by atoms with Crippen molar-refractivity contribution in [3.63, 3.8) is 0 Å². The molecular weight excluding hydrogens is 250 g/mol. The lowest BCUT2D eigenvalue weighted by Gasteiger charge is -2.24. The Balaban J connectivity index is 1.71. The minimum absolute atomic E-state index is 0.0208. The van der Waals surface area contributed by atoms with Gasteiger partial charge in [-0.25, -0.2) is 4.98 Å². The number of carbonyl (C=O) groups excluding carboxylic acids is 1. The predicted molar refractivity (Wildman–Crippen MR) is 77.7 cm³/mol. The highest BCUT2D eigenvalue weighted by atomic mass is 16.1. The molecule has 104 valence electrons. The zero-order valence-corrected chi connectivity index (χ0v) is 11.9. The van der Waals surface area contributed by atoms with Gasteiger partial charge in [0.15, 0.2) is 0 Å². The molecule has 20 heavy (non-hydrogen) atoms. The molecule has 0 spiro atoms. The fraction of sp³-hybridized carbons (Fsp3) is 0.375. The average Bonchev–Trinajstić information content (AvgIpc) is 2.85. The first-order chi connectivity index (χ1) is 9.63. The van der Waals surface area contributed by atoms with Gasteiger partial charge in [0.2, 0.25) is 0 Å². The van der Waals surface area contributed by atoms with E-state index >= 15 is 0 Å². The number of amides is 1. The summed E-state index contributed by atoms with van der Waals surface area (Å²) in [5.74, 6) is 1.08. The molecule has 0 radical (unpaired) electrons. The van der Waals surface area contributed by atoms with E-state index in [1.54, 1.807) is 0 Å². The maximum atomic E-state index is 12.4. The van der Waals surface area contributed by atoms with Gasteiger partial charge in [-0.3, -0.25) is 4.79 Å². The minimum Gasteiger partial charge on any atom is -0.349 e. The second kappa shape index (κ2) is 5.12. The van der Waals surface area contributed by atoms with Gasteiger partial charge in [-0.05, 0) is 31.9 Å². The fourth-order valence-corrected chi connectivity index (χ4v) is 2.81. The summed E-state index contributed by atoms with van der Waals surface area (Å²) in [6, 6.07) is 6.11. The van der Waals surface area contributed by atoms with Crippen molar-refractivity contribution in [3.05, 3.63) is 53.1 Å². The number of benzene rings is 1. The second-order valence-electron chi connectivity index (χ2n) is 5.52. The van der Waals surface area contributed by atoms with Crippen LogP contribution in [-0.4, -0.2) is 21.5 Å². The third-order valence-corrected chi connectivity index (χ3v) is 3.91. The van der Waals surface area contributed by atoms with E-state index in [-0.39, 0.29) is 11.9 Å². The third kappa shape index (κ3) is 2.46. The summed E-state index contributed by atoms with van der Waals surface area (Å²) in [4.78, 5) is 16.7. The summed E-state index contributed by atoms with van der Waals surface area (Å²) < 4.78 is 2.15. The van der Waals surface area contributed by atoms with Crippen LogP contribution in [-0.2, 0) is 13.0 Å². The summed E-state index contributed by atoms with van der Waals surface area (Å²) in [6.45, 7) is 4.94. The molecule has 1 aromatic carbocycles. The topological polar surface area (TPSA) is 46.9 Å². The van der Waals surface area contributed by atoms with Crippen molar-refractivity contribution < 1.29 is 4.79 Å². The molecule has 4 heteroatoms. The van der Waals surface area contributed by atoms with Crippen LogP contribution < -0.4 is 5.32 Å². The normalized spacial score (nSPS) is 17.6. The van der Waals surface area contributed by atoms with Gasteiger partial charge in [-0.2, -0.15) is 0 Å². The van der Waals surface area contributed by atoms with Crippen molar-refractivity contribution in [2.75, 3.05) is 0 Å². The molecule has 1 amide bonds. The Kier molecular flexibility index (Phi) is 3.30. The monoisotopic (exact) mass is 269 g/mol. The summed E-state index contributed by atoms with van der Waals surface area (Å²) in [6.07, 6.45) is 5.59.